The first-order chi connectivity index (χ1) is 15.7. The number of hydrogen-bond acceptors (Lipinski definition) is 4. The SMILES string of the molecule is O=C(c1ccc(-c2nccc3c2nc(C(F)(F)F)n3CC(F)F)cc1F)N1CCCOCC1. The molecule has 1 fully saturated rings. The number of halogens is 6. The summed E-state index contributed by atoms with van der Waals surface area (Å²) in [6.45, 7) is 0.334. The Hall–Kier alpha value is -3.15. The van der Waals surface area contributed by atoms with Gasteiger partial charge in [0.15, 0.2) is 0 Å². The molecule has 33 heavy (non-hydrogen) atoms. The van der Waals surface area contributed by atoms with E-state index in [1.807, 2.05) is 0 Å². The van der Waals surface area contributed by atoms with E-state index in [-0.39, 0.29) is 27.9 Å². The first-order valence-electron chi connectivity index (χ1n) is 10.0. The van der Waals surface area contributed by atoms with Gasteiger partial charge in [-0.1, -0.05) is 6.07 Å². The quantitative estimate of drug-likeness (QED) is 0.529. The molecule has 6 nitrogen and oxygen atoms in total. The fourth-order valence-electron chi connectivity index (χ4n) is 3.76. The molecular formula is C21H18F6N4O2. The van der Waals surface area contributed by atoms with Gasteiger partial charge in [-0.2, -0.15) is 13.2 Å². The maximum absolute atomic E-state index is 14.9. The Kier molecular flexibility index (Phi) is 6.28. The fourth-order valence-corrected chi connectivity index (χ4v) is 3.76. The lowest BCUT2D eigenvalue weighted by molar-refractivity contribution is -0.147. The van der Waals surface area contributed by atoms with E-state index in [1.165, 1.54) is 17.0 Å². The highest BCUT2D eigenvalue weighted by molar-refractivity contribution is 5.96. The number of benzene rings is 1. The van der Waals surface area contributed by atoms with Gasteiger partial charge in [0, 0.05) is 31.5 Å². The Morgan fingerprint density at radius 3 is 2.64 bits per heavy atom. The molecule has 0 saturated carbocycles. The number of imidazole rings is 1. The second-order valence-electron chi connectivity index (χ2n) is 7.41. The summed E-state index contributed by atoms with van der Waals surface area (Å²) in [6, 6.07) is 4.67. The standard InChI is InChI=1S/C21H18F6N4O2/c22-14-10-12(2-3-13(14)19(32)30-6-1-8-33-9-7-30)17-18-15(4-5-28-17)31(11-16(23)24)20(29-18)21(25,26)27/h2-5,10,16H,1,6-9,11H2. The number of carbonyl (C=O) groups excluding carboxylic acids is 1. The Balaban J connectivity index is 1.75. The number of rotatable bonds is 4. The maximum Gasteiger partial charge on any atom is 0.449 e. The number of aromatic nitrogens is 3. The van der Waals surface area contributed by atoms with E-state index in [0.717, 1.165) is 18.3 Å². The van der Waals surface area contributed by atoms with Crippen molar-refractivity contribution in [2.24, 2.45) is 0 Å². The van der Waals surface area contributed by atoms with Gasteiger partial charge in [0.1, 0.15) is 11.3 Å². The molecule has 0 atom stereocenters. The number of carbonyl (C=O) groups is 1. The summed E-state index contributed by atoms with van der Waals surface area (Å²) in [7, 11) is 0. The molecule has 1 saturated heterocycles. The van der Waals surface area contributed by atoms with Gasteiger partial charge in [-0.15, -0.1) is 0 Å². The van der Waals surface area contributed by atoms with E-state index < -0.39 is 36.7 Å². The highest BCUT2D eigenvalue weighted by Crippen LogP contribution is 2.35. The van der Waals surface area contributed by atoms with Crippen molar-refractivity contribution in [3.05, 3.63) is 47.7 Å². The molecule has 1 aromatic carbocycles. The third-order valence-electron chi connectivity index (χ3n) is 5.22. The molecule has 0 aliphatic carbocycles. The Morgan fingerprint density at radius 2 is 1.94 bits per heavy atom. The van der Waals surface area contributed by atoms with E-state index in [2.05, 4.69) is 9.97 Å². The van der Waals surface area contributed by atoms with E-state index in [4.69, 9.17) is 4.74 Å². The van der Waals surface area contributed by atoms with Crippen LogP contribution in [0.1, 0.15) is 22.6 Å². The minimum absolute atomic E-state index is 0.0595. The molecule has 3 heterocycles. The van der Waals surface area contributed by atoms with Crippen LogP contribution in [0.3, 0.4) is 0 Å². The van der Waals surface area contributed by atoms with Crippen molar-refractivity contribution in [2.75, 3.05) is 26.3 Å². The van der Waals surface area contributed by atoms with E-state index in [0.29, 0.717) is 37.3 Å². The number of ether oxygens (including phenoxy) is 1. The summed E-state index contributed by atoms with van der Waals surface area (Å²) in [4.78, 5) is 21.7. The zero-order chi connectivity index (χ0) is 23.8. The number of hydrogen-bond donors (Lipinski definition) is 0. The number of fused-ring (bicyclic) bond motifs is 1. The van der Waals surface area contributed by atoms with Crippen molar-refractivity contribution >= 4 is 16.9 Å². The van der Waals surface area contributed by atoms with Crippen LogP contribution in [0.2, 0.25) is 0 Å². The van der Waals surface area contributed by atoms with E-state index in [1.54, 1.807) is 0 Å². The number of nitrogens with zero attached hydrogens (tertiary/aromatic N) is 4. The summed E-state index contributed by atoms with van der Waals surface area (Å²) in [5.74, 6) is -2.91. The van der Waals surface area contributed by atoms with Crippen molar-refractivity contribution in [1.82, 2.24) is 19.4 Å². The van der Waals surface area contributed by atoms with Crippen molar-refractivity contribution in [2.45, 2.75) is 25.6 Å². The monoisotopic (exact) mass is 472 g/mol. The van der Waals surface area contributed by atoms with Crippen molar-refractivity contribution in [3.8, 4) is 11.3 Å². The smallest absolute Gasteiger partial charge is 0.380 e. The van der Waals surface area contributed by atoms with Gasteiger partial charge in [-0.3, -0.25) is 9.78 Å². The van der Waals surface area contributed by atoms with Gasteiger partial charge in [0.05, 0.1) is 29.9 Å². The van der Waals surface area contributed by atoms with E-state index in [9.17, 15) is 31.1 Å². The summed E-state index contributed by atoms with van der Waals surface area (Å²) >= 11 is 0. The summed E-state index contributed by atoms with van der Waals surface area (Å²) < 4.78 is 86.7. The zero-order valence-electron chi connectivity index (χ0n) is 17.1. The molecule has 0 unspecified atom stereocenters. The fraction of sp³-hybridized carbons (Fsp3) is 0.381. The molecule has 0 spiro atoms. The van der Waals surface area contributed by atoms with Gasteiger partial charge in [0.2, 0.25) is 5.82 Å². The van der Waals surface area contributed by atoms with Gasteiger partial charge < -0.3 is 14.2 Å². The topological polar surface area (TPSA) is 60.2 Å². The van der Waals surface area contributed by atoms with Crippen molar-refractivity contribution in [3.63, 3.8) is 0 Å². The summed E-state index contributed by atoms with van der Waals surface area (Å²) in [5, 5.41) is 0. The lowest BCUT2D eigenvalue weighted by atomic mass is 10.1. The van der Waals surface area contributed by atoms with Crippen LogP contribution in [-0.4, -0.2) is 58.1 Å². The van der Waals surface area contributed by atoms with Crippen molar-refractivity contribution in [1.29, 1.82) is 0 Å². The van der Waals surface area contributed by atoms with Crippen LogP contribution in [0.4, 0.5) is 26.3 Å². The molecule has 0 N–H and O–H groups in total. The summed E-state index contributed by atoms with van der Waals surface area (Å²) in [5.41, 5.74) is -0.769. The van der Waals surface area contributed by atoms with Crippen LogP contribution >= 0.6 is 0 Å². The molecule has 12 heteroatoms. The second-order valence-corrected chi connectivity index (χ2v) is 7.41. The highest BCUT2D eigenvalue weighted by atomic mass is 19.4. The number of alkyl halides is 5. The van der Waals surface area contributed by atoms with Gasteiger partial charge in [-0.05, 0) is 24.6 Å². The van der Waals surface area contributed by atoms with Crippen LogP contribution in [0, 0.1) is 5.82 Å². The molecule has 1 amide bonds. The lowest BCUT2D eigenvalue weighted by Crippen LogP contribution is -2.33. The average Bonchev–Trinajstić information content (AvgIpc) is 2.94. The number of amides is 1. The molecule has 1 aliphatic rings. The molecule has 3 aromatic rings. The molecule has 2 aromatic heterocycles. The number of pyridine rings is 1. The largest absolute Gasteiger partial charge is 0.449 e. The van der Waals surface area contributed by atoms with Crippen LogP contribution in [0.5, 0.6) is 0 Å². The minimum atomic E-state index is -4.98. The Labute approximate surface area is 183 Å². The molecule has 0 bridgehead atoms. The Morgan fingerprint density at radius 1 is 1.15 bits per heavy atom. The minimum Gasteiger partial charge on any atom is -0.380 e. The lowest BCUT2D eigenvalue weighted by Gasteiger charge is -2.20. The normalized spacial score (nSPS) is 15.3. The molecule has 4 rings (SSSR count). The maximum atomic E-state index is 14.9. The van der Waals surface area contributed by atoms with Crippen molar-refractivity contribution < 1.29 is 35.9 Å². The van der Waals surface area contributed by atoms with Gasteiger partial charge in [0.25, 0.3) is 12.3 Å². The predicted octanol–water partition coefficient (Wildman–Crippen LogP) is 4.38. The van der Waals surface area contributed by atoms with Crippen LogP contribution in [-0.2, 0) is 17.5 Å². The van der Waals surface area contributed by atoms with E-state index >= 15 is 0 Å². The van der Waals surface area contributed by atoms with Crippen LogP contribution in [0.25, 0.3) is 22.3 Å². The van der Waals surface area contributed by atoms with Gasteiger partial charge in [-0.25, -0.2) is 18.2 Å². The van der Waals surface area contributed by atoms with Crippen LogP contribution in [0.15, 0.2) is 30.5 Å². The Bertz CT molecular complexity index is 1170. The zero-order valence-corrected chi connectivity index (χ0v) is 17.1. The third-order valence-corrected chi connectivity index (χ3v) is 5.22. The molecule has 176 valence electrons. The molecule has 0 radical (unpaired) electrons. The predicted molar refractivity (Wildman–Crippen MR) is 105 cm³/mol. The van der Waals surface area contributed by atoms with Gasteiger partial charge >= 0.3 is 6.18 Å². The van der Waals surface area contributed by atoms with Crippen LogP contribution < -0.4 is 0 Å². The highest BCUT2D eigenvalue weighted by Gasteiger charge is 2.38. The first kappa shape index (κ1) is 23.0. The molecule has 1 aliphatic heterocycles. The molecular weight excluding hydrogens is 454 g/mol. The first-order valence-corrected chi connectivity index (χ1v) is 10.0. The summed E-state index contributed by atoms with van der Waals surface area (Å²) in [6.07, 6.45) is -6.29. The third kappa shape index (κ3) is 4.65. The second kappa shape index (κ2) is 9.00. The average molecular weight is 472 g/mol.